The first-order valence-corrected chi connectivity index (χ1v) is 7.75. The number of hydrogen-bond donors (Lipinski definition) is 10. The molecule has 1 saturated carbocycles. The number of hydrogen-bond acceptors (Lipinski definition) is 10. The van der Waals surface area contributed by atoms with E-state index in [0.717, 1.165) is 0 Å². The molecule has 1 aliphatic rings. The molecular formula is C14H26O12. The molecule has 0 aromatic carbocycles. The van der Waals surface area contributed by atoms with Gasteiger partial charge in [0, 0.05) is 19.3 Å². The zero-order valence-corrected chi connectivity index (χ0v) is 14.1. The Morgan fingerprint density at radius 1 is 1.00 bits per heavy atom. The summed E-state index contributed by atoms with van der Waals surface area (Å²) in [7, 11) is 0. The fourth-order valence-electron chi connectivity index (χ4n) is 2.22. The third-order valence-corrected chi connectivity index (χ3v) is 4.02. The van der Waals surface area contributed by atoms with Crippen LogP contribution in [0.2, 0.25) is 0 Å². The quantitative estimate of drug-likeness (QED) is 0.198. The third kappa shape index (κ3) is 5.82. The van der Waals surface area contributed by atoms with Gasteiger partial charge in [-0.1, -0.05) is 13.3 Å². The number of aliphatic carboxylic acids is 2. The molecule has 1 aliphatic carbocycles. The second-order valence-electron chi connectivity index (χ2n) is 6.27. The molecule has 26 heavy (non-hydrogen) atoms. The van der Waals surface area contributed by atoms with Crippen molar-refractivity contribution in [2.45, 2.75) is 74.5 Å². The van der Waals surface area contributed by atoms with Gasteiger partial charge in [-0.15, -0.1) is 0 Å². The van der Waals surface area contributed by atoms with Crippen molar-refractivity contribution in [2.24, 2.45) is 0 Å². The van der Waals surface area contributed by atoms with Crippen LogP contribution in [0.4, 0.5) is 0 Å². The van der Waals surface area contributed by atoms with Crippen LogP contribution in [0.5, 0.6) is 0 Å². The molecule has 0 aromatic heterocycles. The van der Waals surface area contributed by atoms with Gasteiger partial charge in [-0.2, -0.15) is 0 Å². The van der Waals surface area contributed by atoms with Gasteiger partial charge in [0.1, 0.15) is 6.10 Å². The normalized spacial score (nSPS) is 29.5. The molecule has 0 heterocycles. The first-order valence-electron chi connectivity index (χ1n) is 7.75. The summed E-state index contributed by atoms with van der Waals surface area (Å²) in [5.74, 6) is -10.1. The standard InChI is InChI=1S/C7H12O6.C7H14O6/c8-3-1-7(13,6(11)12)2-4(9)5(3)10;1-2-3-4-6(10,11)7(12,13)5(8)9/h3-5,8-10,13H,1-2H2,(H,11,12);10-13H,2-4H2,1H3,(H,8,9)/t3-,4-,5?,7?;/m1./s1. The highest BCUT2D eigenvalue weighted by Crippen LogP contribution is 2.29. The van der Waals surface area contributed by atoms with Crippen LogP contribution in [0.15, 0.2) is 0 Å². The minimum absolute atomic E-state index is 0.281. The highest BCUT2D eigenvalue weighted by atomic mass is 16.6. The molecule has 0 amide bonds. The predicted octanol–water partition coefficient (Wildman–Crippen LogP) is -3.70. The lowest BCUT2D eigenvalue weighted by Crippen LogP contribution is -2.59. The SMILES string of the molecule is CCCCC(O)(O)C(O)(O)C(=O)O.O=C(O)C1(O)C[C@@H](O)C(O)[C@H](O)C1. The van der Waals surface area contributed by atoms with Gasteiger partial charge in [0.2, 0.25) is 5.79 Å². The number of carboxylic acid groups (broad SMARTS) is 2. The molecule has 0 unspecified atom stereocenters. The summed E-state index contributed by atoms with van der Waals surface area (Å²) in [6.45, 7) is 1.74. The molecule has 1 fully saturated rings. The molecule has 1 rings (SSSR count). The van der Waals surface area contributed by atoms with Gasteiger partial charge in [-0.05, 0) is 6.42 Å². The van der Waals surface area contributed by atoms with Gasteiger partial charge in [-0.25, -0.2) is 9.59 Å². The summed E-state index contributed by atoms with van der Waals surface area (Å²) < 4.78 is 0. The topological polar surface area (TPSA) is 236 Å². The van der Waals surface area contributed by atoms with Crippen LogP contribution in [0.3, 0.4) is 0 Å². The summed E-state index contributed by atoms with van der Waals surface area (Å²) in [6, 6.07) is 0. The zero-order chi connectivity index (χ0) is 20.9. The fraction of sp³-hybridized carbons (Fsp3) is 0.857. The Balaban J connectivity index is 0.000000481. The van der Waals surface area contributed by atoms with Crippen LogP contribution in [0.25, 0.3) is 0 Å². The summed E-state index contributed by atoms with van der Waals surface area (Å²) in [5.41, 5.74) is -2.14. The number of carbonyl (C=O) groups is 2. The lowest BCUT2D eigenvalue weighted by Gasteiger charge is -2.37. The largest absolute Gasteiger partial charge is 0.479 e. The van der Waals surface area contributed by atoms with E-state index in [0.29, 0.717) is 6.42 Å². The van der Waals surface area contributed by atoms with Crippen molar-refractivity contribution >= 4 is 11.9 Å². The second kappa shape index (κ2) is 9.01. The summed E-state index contributed by atoms with van der Waals surface area (Å²) in [4.78, 5) is 20.7. The van der Waals surface area contributed by atoms with Crippen molar-refractivity contribution in [3.8, 4) is 0 Å². The van der Waals surface area contributed by atoms with E-state index in [4.69, 9.17) is 46.0 Å². The van der Waals surface area contributed by atoms with Crippen molar-refractivity contribution in [1.29, 1.82) is 0 Å². The Bertz CT molecular complexity index is 476. The predicted molar refractivity (Wildman–Crippen MR) is 81.3 cm³/mol. The first-order chi connectivity index (χ1) is 11.6. The number of unbranched alkanes of at least 4 members (excludes halogenated alkanes) is 1. The van der Waals surface area contributed by atoms with E-state index in [1.54, 1.807) is 6.92 Å². The van der Waals surface area contributed by atoms with Gasteiger partial charge in [0.15, 0.2) is 5.60 Å². The smallest absolute Gasteiger partial charge is 0.370 e. The second-order valence-corrected chi connectivity index (χ2v) is 6.27. The average Bonchev–Trinajstić information content (AvgIpc) is 2.50. The molecule has 0 aliphatic heterocycles. The van der Waals surface area contributed by atoms with E-state index >= 15 is 0 Å². The zero-order valence-electron chi connectivity index (χ0n) is 14.1. The molecule has 0 saturated heterocycles. The minimum Gasteiger partial charge on any atom is -0.479 e. The monoisotopic (exact) mass is 386 g/mol. The van der Waals surface area contributed by atoms with Gasteiger partial charge < -0.3 is 51.1 Å². The Hall–Kier alpha value is -1.38. The van der Waals surface area contributed by atoms with E-state index in [1.165, 1.54) is 0 Å². The molecule has 0 bridgehead atoms. The van der Waals surface area contributed by atoms with Gasteiger partial charge >= 0.3 is 17.7 Å². The van der Waals surface area contributed by atoms with Crippen molar-refractivity contribution in [3.63, 3.8) is 0 Å². The minimum atomic E-state index is -3.53. The summed E-state index contributed by atoms with van der Waals surface area (Å²) >= 11 is 0. The third-order valence-electron chi connectivity index (χ3n) is 4.02. The average molecular weight is 386 g/mol. The Morgan fingerprint density at radius 3 is 1.73 bits per heavy atom. The molecule has 10 N–H and O–H groups in total. The van der Waals surface area contributed by atoms with Crippen LogP contribution >= 0.6 is 0 Å². The van der Waals surface area contributed by atoms with Gasteiger partial charge in [0.05, 0.1) is 12.2 Å². The molecule has 12 nitrogen and oxygen atoms in total. The van der Waals surface area contributed by atoms with Crippen LogP contribution in [-0.4, -0.2) is 98.5 Å². The number of rotatable bonds is 6. The maximum atomic E-state index is 10.5. The molecule has 0 spiro atoms. The number of carboxylic acids is 2. The molecule has 0 aromatic rings. The highest BCUT2D eigenvalue weighted by molar-refractivity contribution is 5.77. The van der Waals surface area contributed by atoms with Crippen LogP contribution in [0, 0.1) is 0 Å². The molecule has 2 atom stereocenters. The molecule has 154 valence electrons. The van der Waals surface area contributed by atoms with Gasteiger partial charge in [-0.3, -0.25) is 0 Å². The molecule has 12 heteroatoms. The summed E-state index contributed by atoms with van der Waals surface area (Å²) in [5, 5.41) is 89.1. The molecular weight excluding hydrogens is 360 g/mol. The van der Waals surface area contributed by atoms with Crippen molar-refractivity contribution < 1.29 is 60.7 Å². The van der Waals surface area contributed by atoms with E-state index in [9.17, 15) is 14.7 Å². The number of aliphatic hydroxyl groups excluding tert-OH is 3. The maximum Gasteiger partial charge on any atom is 0.370 e. The van der Waals surface area contributed by atoms with E-state index in [2.05, 4.69) is 0 Å². The highest BCUT2D eigenvalue weighted by Gasteiger charge is 2.53. The van der Waals surface area contributed by atoms with E-state index in [1.807, 2.05) is 0 Å². The maximum absolute atomic E-state index is 10.5. The van der Waals surface area contributed by atoms with Crippen LogP contribution in [0.1, 0.15) is 39.0 Å². The lowest BCUT2D eigenvalue weighted by molar-refractivity contribution is -0.346. The lowest BCUT2D eigenvalue weighted by atomic mass is 9.80. The van der Waals surface area contributed by atoms with Crippen molar-refractivity contribution in [1.82, 2.24) is 0 Å². The summed E-state index contributed by atoms with van der Waals surface area (Å²) in [6.07, 6.45) is -4.71. The fourth-order valence-corrected chi connectivity index (χ4v) is 2.22. The van der Waals surface area contributed by atoms with Crippen LogP contribution in [-0.2, 0) is 9.59 Å². The molecule has 0 radical (unpaired) electrons. The number of aliphatic hydroxyl groups is 8. The van der Waals surface area contributed by atoms with Crippen molar-refractivity contribution in [2.75, 3.05) is 0 Å². The Kier molecular flexibility index (Phi) is 8.53. The van der Waals surface area contributed by atoms with E-state index < -0.39 is 66.7 Å². The van der Waals surface area contributed by atoms with Crippen molar-refractivity contribution in [3.05, 3.63) is 0 Å². The Labute approximate surface area is 148 Å². The van der Waals surface area contributed by atoms with Crippen LogP contribution < -0.4 is 0 Å². The van der Waals surface area contributed by atoms with Gasteiger partial charge in [0.25, 0.3) is 0 Å². The Morgan fingerprint density at radius 2 is 1.42 bits per heavy atom. The van der Waals surface area contributed by atoms with E-state index in [-0.39, 0.29) is 6.42 Å². The first kappa shape index (κ1) is 24.6.